The average Bonchev–Trinajstić information content (AvgIpc) is 2.34. The van der Waals surface area contributed by atoms with Crippen LogP contribution in [-0.2, 0) is 18.0 Å². The molecule has 0 saturated carbocycles. The van der Waals surface area contributed by atoms with Gasteiger partial charge >= 0.3 is 0 Å². The lowest BCUT2D eigenvalue weighted by Gasteiger charge is -2.04. The van der Waals surface area contributed by atoms with E-state index in [4.69, 9.17) is 4.74 Å². The molecule has 0 aliphatic carbocycles. The van der Waals surface area contributed by atoms with E-state index in [9.17, 15) is 8.78 Å². The smallest absolute Gasteiger partial charge is 0.123 e. The van der Waals surface area contributed by atoms with Crippen LogP contribution < -0.4 is 0 Å². The van der Waals surface area contributed by atoms with Crippen LogP contribution in [0.3, 0.4) is 0 Å². The minimum atomic E-state index is -0.257. The van der Waals surface area contributed by atoms with Gasteiger partial charge in [0, 0.05) is 0 Å². The van der Waals surface area contributed by atoms with Gasteiger partial charge in [-0.1, -0.05) is 24.3 Å². The molecule has 88 valence electrons. The van der Waals surface area contributed by atoms with Gasteiger partial charge in [0.2, 0.25) is 0 Å². The zero-order valence-electron chi connectivity index (χ0n) is 9.20. The van der Waals surface area contributed by atoms with Gasteiger partial charge in [0.05, 0.1) is 13.2 Å². The molecule has 0 heterocycles. The first-order chi connectivity index (χ1) is 8.24. The second-order valence-corrected chi connectivity index (χ2v) is 3.75. The van der Waals surface area contributed by atoms with Gasteiger partial charge in [-0.25, -0.2) is 8.78 Å². The van der Waals surface area contributed by atoms with Crippen molar-refractivity contribution in [2.75, 3.05) is 0 Å². The first kappa shape index (κ1) is 11.7. The first-order valence-electron chi connectivity index (χ1n) is 5.31. The number of hydrogen-bond acceptors (Lipinski definition) is 1. The molecule has 0 aliphatic rings. The predicted molar refractivity (Wildman–Crippen MR) is 61.3 cm³/mol. The fraction of sp³-hybridized carbons (Fsp3) is 0.143. The zero-order chi connectivity index (χ0) is 12.1. The number of benzene rings is 2. The van der Waals surface area contributed by atoms with Crippen LogP contribution in [0, 0.1) is 11.6 Å². The largest absolute Gasteiger partial charge is 0.372 e. The molecule has 0 radical (unpaired) electrons. The molecule has 17 heavy (non-hydrogen) atoms. The molecule has 2 aromatic carbocycles. The molecule has 0 saturated heterocycles. The fourth-order valence-corrected chi connectivity index (χ4v) is 1.45. The molecule has 0 unspecified atom stereocenters. The highest BCUT2D eigenvalue weighted by molar-refractivity contribution is 5.16. The fourth-order valence-electron chi connectivity index (χ4n) is 1.45. The van der Waals surface area contributed by atoms with Crippen molar-refractivity contribution in [2.24, 2.45) is 0 Å². The second kappa shape index (κ2) is 5.55. The highest BCUT2D eigenvalue weighted by atomic mass is 19.1. The van der Waals surface area contributed by atoms with Crippen molar-refractivity contribution >= 4 is 0 Å². The minimum absolute atomic E-state index is 0.257. The Hall–Kier alpha value is -1.74. The number of rotatable bonds is 4. The van der Waals surface area contributed by atoms with Crippen molar-refractivity contribution in [3.8, 4) is 0 Å². The Kier molecular flexibility index (Phi) is 3.83. The molecule has 0 aliphatic heterocycles. The van der Waals surface area contributed by atoms with Crippen molar-refractivity contribution in [2.45, 2.75) is 13.2 Å². The molecule has 2 aromatic rings. The molecule has 0 amide bonds. The average molecular weight is 233 g/mol. The van der Waals surface area contributed by atoms with E-state index in [0.717, 1.165) is 11.1 Å². The summed E-state index contributed by atoms with van der Waals surface area (Å²) >= 11 is 0. The summed E-state index contributed by atoms with van der Waals surface area (Å²) in [5.74, 6) is -0.514. The predicted octanol–water partition coefficient (Wildman–Crippen LogP) is 3.68. The van der Waals surface area contributed by atoms with Crippen LogP contribution in [0.1, 0.15) is 11.1 Å². The Morgan fingerprint density at radius 3 is 1.35 bits per heavy atom. The summed E-state index contributed by atoms with van der Waals surface area (Å²) in [6.07, 6.45) is 0. The van der Waals surface area contributed by atoms with E-state index in [1.807, 2.05) is 0 Å². The molecule has 0 bridgehead atoms. The molecule has 2 rings (SSSR count). The standard InChI is InChI=1S/C14H12F2O/c15-13-5-1-11(2-6-13)9-17-10-12-3-7-14(16)8-4-12/h1-8H,9-10H2/i15-1. The van der Waals surface area contributed by atoms with Crippen molar-refractivity contribution in [1.29, 1.82) is 0 Å². The van der Waals surface area contributed by atoms with Gasteiger partial charge in [-0.3, -0.25) is 0 Å². The van der Waals surface area contributed by atoms with Crippen LogP contribution in [-0.4, -0.2) is 0 Å². The number of ether oxygens (including phenoxy) is 1. The second-order valence-electron chi connectivity index (χ2n) is 3.75. The molecule has 0 N–H and O–H groups in total. The van der Waals surface area contributed by atoms with Gasteiger partial charge < -0.3 is 4.74 Å². The van der Waals surface area contributed by atoms with Crippen molar-refractivity contribution in [3.05, 3.63) is 71.3 Å². The van der Waals surface area contributed by atoms with E-state index < -0.39 is 0 Å². The molecule has 3 heteroatoms. The summed E-state index contributed by atoms with van der Waals surface area (Å²) in [4.78, 5) is 0. The van der Waals surface area contributed by atoms with E-state index in [-0.39, 0.29) is 11.6 Å². The summed E-state index contributed by atoms with van der Waals surface area (Å²) in [7, 11) is 0. The Bertz CT molecular complexity index is 417. The van der Waals surface area contributed by atoms with Crippen LogP contribution in [0.15, 0.2) is 48.5 Å². The topological polar surface area (TPSA) is 9.23 Å². The van der Waals surface area contributed by atoms with Crippen LogP contribution >= 0.6 is 0 Å². The Morgan fingerprint density at radius 1 is 0.647 bits per heavy atom. The van der Waals surface area contributed by atoms with Crippen LogP contribution in [0.25, 0.3) is 0 Å². The van der Waals surface area contributed by atoms with Gasteiger partial charge in [-0.2, -0.15) is 0 Å². The Morgan fingerprint density at radius 2 is 1.00 bits per heavy atom. The third kappa shape index (κ3) is 3.64. The maximum atomic E-state index is 12.6. The lowest BCUT2D eigenvalue weighted by Crippen LogP contribution is -1.94. The number of halogens is 2. The van der Waals surface area contributed by atoms with Gasteiger partial charge in [0.15, 0.2) is 0 Å². The summed E-state index contributed by atoms with van der Waals surface area (Å²) in [5, 5.41) is 0. The van der Waals surface area contributed by atoms with E-state index in [2.05, 4.69) is 0 Å². The molecule has 0 atom stereocenters. The van der Waals surface area contributed by atoms with Gasteiger partial charge in [0.1, 0.15) is 11.6 Å². The normalized spacial score (nSPS) is 10.5. The lowest BCUT2D eigenvalue weighted by molar-refractivity contribution is 0.107. The van der Waals surface area contributed by atoms with E-state index in [0.29, 0.717) is 13.2 Å². The Labute approximate surface area is 98.7 Å². The van der Waals surface area contributed by atoms with E-state index in [1.54, 1.807) is 24.3 Å². The van der Waals surface area contributed by atoms with E-state index >= 15 is 0 Å². The van der Waals surface area contributed by atoms with Gasteiger partial charge in [0.25, 0.3) is 0 Å². The summed E-state index contributed by atoms with van der Waals surface area (Å²) in [6, 6.07) is 12.3. The lowest BCUT2D eigenvalue weighted by atomic mass is 10.2. The SMILES string of the molecule is Fc1ccc(COCc2ccc([18F])cc2)cc1. The maximum Gasteiger partial charge on any atom is 0.123 e. The maximum absolute atomic E-state index is 12.6. The summed E-state index contributed by atoms with van der Waals surface area (Å²) in [6.45, 7) is 0.829. The van der Waals surface area contributed by atoms with Crippen LogP contribution in [0.4, 0.5) is 8.78 Å². The minimum Gasteiger partial charge on any atom is -0.372 e. The van der Waals surface area contributed by atoms with Gasteiger partial charge in [-0.05, 0) is 35.4 Å². The third-order valence-corrected chi connectivity index (χ3v) is 2.36. The van der Waals surface area contributed by atoms with Crippen molar-refractivity contribution in [3.63, 3.8) is 0 Å². The van der Waals surface area contributed by atoms with Crippen molar-refractivity contribution in [1.82, 2.24) is 0 Å². The molecule has 0 aromatic heterocycles. The first-order valence-corrected chi connectivity index (χ1v) is 5.31. The highest BCUT2D eigenvalue weighted by Crippen LogP contribution is 2.08. The van der Waals surface area contributed by atoms with Crippen LogP contribution in [0.5, 0.6) is 0 Å². The monoisotopic (exact) mass is 233 g/mol. The highest BCUT2D eigenvalue weighted by Gasteiger charge is 1.96. The third-order valence-electron chi connectivity index (χ3n) is 2.36. The van der Waals surface area contributed by atoms with Crippen molar-refractivity contribution < 1.29 is 13.5 Å². The Balaban J connectivity index is 1.83. The number of hydrogen-bond donors (Lipinski definition) is 0. The molecular formula is C14H12F2O. The molecule has 1 nitrogen and oxygen atoms in total. The molecule has 0 spiro atoms. The van der Waals surface area contributed by atoms with E-state index in [1.165, 1.54) is 24.3 Å². The van der Waals surface area contributed by atoms with Gasteiger partial charge in [-0.15, -0.1) is 0 Å². The van der Waals surface area contributed by atoms with Crippen LogP contribution in [0.2, 0.25) is 0 Å². The summed E-state index contributed by atoms with van der Waals surface area (Å²) in [5.41, 5.74) is 1.82. The quantitative estimate of drug-likeness (QED) is 0.782. The molecule has 0 fully saturated rings. The molecular weight excluding hydrogens is 221 g/mol. The zero-order valence-corrected chi connectivity index (χ0v) is 9.20. The summed E-state index contributed by atoms with van der Waals surface area (Å²) < 4.78 is 30.7.